The minimum atomic E-state index is -1.34. The topological polar surface area (TPSA) is 129 Å². The molecule has 1 aromatic carbocycles. The first-order valence-electron chi connectivity index (χ1n) is 8.55. The van der Waals surface area contributed by atoms with Crippen molar-refractivity contribution in [2.45, 2.75) is 44.8 Å². The number of esters is 1. The number of hydrogen-bond donors (Lipinski definition) is 1. The van der Waals surface area contributed by atoms with Gasteiger partial charge in [-0.2, -0.15) is 0 Å². The molecule has 0 atom stereocenters. The van der Waals surface area contributed by atoms with Crippen LogP contribution in [0, 0.1) is 4.91 Å². The minimum Gasteiger partial charge on any atom is -0.478 e. The van der Waals surface area contributed by atoms with Crippen LogP contribution in [-0.2, 0) is 20.7 Å². The molecule has 1 N–H and O–H groups in total. The van der Waals surface area contributed by atoms with Crippen molar-refractivity contribution in [2.24, 2.45) is 5.18 Å². The number of benzene rings is 1. The van der Waals surface area contributed by atoms with Crippen molar-refractivity contribution in [3.05, 3.63) is 28.2 Å². The molecule has 9 heteroatoms. The Labute approximate surface area is 155 Å². The summed E-state index contributed by atoms with van der Waals surface area (Å²) in [6, 6.07) is 2.66. The Balaban J connectivity index is 2.50. The van der Waals surface area contributed by atoms with Crippen LogP contribution in [0.2, 0.25) is 0 Å². The second-order valence-electron chi connectivity index (χ2n) is 6.13. The van der Waals surface area contributed by atoms with E-state index in [1.54, 1.807) is 0 Å². The van der Waals surface area contributed by atoms with E-state index in [1.165, 1.54) is 12.1 Å². The Hall–Kier alpha value is -2.81. The molecular weight excluding hydrogens is 358 g/mol. The third-order valence-corrected chi connectivity index (χ3v) is 4.18. The third kappa shape index (κ3) is 5.10. The van der Waals surface area contributed by atoms with Crippen molar-refractivity contribution in [3.8, 4) is 11.5 Å². The normalized spacial score (nSPS) is 15.6. The quantitative estimate of drug-likeness (QED) is 0.228. The predicted molar refractivity (Wildman–Crippen MR) is 92.9 cm³/mol. The van der Waals surface area contributed by atoms with E-state index in [-0.39, 0.29) is 42.7 Å². The number of nitrogens with zero attached hydrogens (tertiary/aromatic N) is 1. The summed E-state index contributed by atoms with van der Waals surface area (Å²) < 4.78 is 16.3. The molecular formula is C18H21NO8. The largest absolute Gasteiger partial charge is 0.478 e. The highest BCUT2D eigenvalue weighted by atomic mass is 16.6. The molecule has 1 aliphatic rings. The van der Waals surface area contributed by atoms with Gasteiger partial charge in [0.05, 0.1) is 13.2 Å². The van der Waals surface area contributed by atoms with Gasteiger partial charge in [0.2, 0.25) is 5.72 Å². The lowest BCUT2D eigenvalue weighted by Gasteiger charge is -2.32. The SMILES string of the molecule is CC(=O)Oc1c(C(=O)O)ccc(OC2(N=O)CCOCC2)c1CCCC=O. The van der Waals surface area contributed by atoms with Crippen LogP contribution in [0.15, 0.2) is 17.3 Å². The van der Waals surface area contributed by atoms with E-state index in [4.69, 9.17) is 14.2 Å². The number of carboxylic acids is 1. The molecule has 146 valence electrons. The highest BCUT2D eigenvalue weighted by Gasteiger charge is 2.37. The van der Waals surface area contributed by atoms with Gasteiger partial charge in [0.25, 0.3) is 0 Å². The van der Waals surface area contributed by atoms with Gasteiger partial charge in [-0.05, 0) is 30.2 Å². The van der Waals surface area contributed by atoms with E-state index in [1.807, 2.05) is 0 Å². The molecule has 0 spiro atoms. The summed E-state index contributed by atoms with van der Waals surface area (Å²) in [5.74, 6) is -1.92. The number of aldehydes is 1. The highest BCUT2D eigenvalue weighted by molar-refractivity contribution is 5.93. The number of hydrogen-bond acceptors (Lipinski definition) is 8. The van der Waals surface area contributed by atoms with Crippen LogP contribution >= 0.6 is 0 Å². The van der Waals surface area contributed by atoms with Crippen molar-refractivity contribution < 1.29 is 33.7 Å². The van der Waals surface area contributed by atoms with E-state index in [2.05, 4.69) is 5.18 Å². The number of carboxylic acid groups (broad SMARTS) is 1. The van der Waals surface area contributed by atoms with Crippen LogP contribution < -0.4 is 9.47 Å². The van der Waals surface area contributed by atoms with Crippen LogP contribution in [0.3, 0.4) is 0 Å². The molecule has 2 rings (SSSR count). The molecule has 0 aromatic heterocycles. The van der Waals surface area contributed by atoms with Gasteiger partial charge in [0.15, 0.2) is 5.75 Å². The Morgan fingerprint density at radius 1 is 1.33 bits per heavy atom. The Kier molecular flexibility index (Phi) is 7.00. The molecule has 1 aromatic rings. The summed E-state index contributed by atoms with van der Waals surface area (Å²) in [6.45, 7) is 1.76. The number of rotatable bonds is 9. The lowest BCUT2D eigenvalue weighted by molar-refractivity contribution is -0.132. The molecule has 1 fully saturated rings. The summed E-state index contributed by atoms with van der Waals surface area (Å²) >= 11 is 0. The number of carbonyl (C=O) groups is 3. The molecule has 1 aliphatic heterocycles. The van der Waals surface area contributed by atoms with Gasteiger partial charge >= 0.3 is 11.9 Å². The summed E-state index contributed by atoms with van der Waals surface area (Å²) in [4.78, 5) is 45.1. The van der Waals surface area contributed by atoms with E-state index >= 15 is 0 Å². The first-order chi connectivity index (χ1) is 12.9. The van der Waals surface area contributed by atoms with Gasteiger partial charge in [0, 0.05) is 31.7 Å². The first-order valence-corrected chi connectivity index (χ1v) is 8.55. The van der Waals surface area contributed by atoms with Crippen LogP contribution in [0.4, 0.5) is 0 Å². The van der Waals surface area contributed by atoms with Crippen LogP contribution in [0.25, 0.3) is 0 Å². The highest BCUT2D eigenvalue weighted by Crippen LogP contribution is 2.38. The maximum absolute atomic E-state index is 11.5. The van der Waals surface area contributed by atoms with E-state index in [9.17, 15) is 24.4 Å². The number of ether oxygens (including phenoxy) is 3. The standard InChI is InChI=1S/C18H21NO8/c1-12(21)26-16-13(4-2-3-9-20)15(6-5-14(16)17(22)23)27-18(19-24)7-10-25-11-8-18/h5-6,9H,2-4,7-8,10-11H2,1H3,(H,22,23). The smallest absolute Gasteiger partial charge is 0.339 e. The lowest BCUT2D eigenvalue weighted by atomic mass is 10.0. The van der Waals surface area contributed by atoms with Gasteiger partial charge in [-0.15, -0.1) is 4.91 Å². The van der Waals surface area contributed by atoms with Crippen molar-refractivity contribution in [3.63, 3.8) is 0 Å². The fraction of sp³-hybridized carbons (Fsp3) is 0.500. The van der Waals surface area contributed by atoms with Gasteiger partial charge in [0.1, 0.15) is 17.6 Å². The summed E-state index contributed by atoms with van der Waals surface area (Å²) in [7, 11) is 0. The van der Waals surface area contributed by atoms with Crippen molar-refractivity contribution in [1.29, 1.82) is 0 Å². The molecule has 0 saturated carbocycles. The van der Waals surface area contributed by atoms with Crippen LogP contribution in [-0.4, -0.2) is 42.3 Å². The molecule has 9 nitrogen and oxygen atoms in total. The minimum absolute atomic E-state index is 0.147. The Morgan fingerprint density at radius 2 is 2.04 bits per heavy atom. The van der Waals surface area contributed by atoms with Crippen molar-refractivity contribution >= 4 is 18.2 Å². The number of carbonyl (C=O) groups excluding carboxylic acids is 2. The molecule has 1 heterocycles. The molecule has 0 radical (unpaired) electrons. The molecule has 0 amide bonds. The van der Waals surface area contributed by atoms with Crippen molar-refractivity contribution in [1.82, 2.24) is 0 Å². The molecule has 0 aliphatic carbocycles. The zero-order valence-electron chi connectivity index (χ0n) is 14.9. The van der Waals surface area contributed by atoms with E-state index in [0.29, 0.717) is 25.2 Å². The average molecular weight is 379 g/mol. The zero-order valence-corrected chi connectivity index (χ0v) is 14.9. The van der Waals surface area contributed by atoms with Gasteiger partial charge in [-0.25, -0.2) is 4.79 Å². The molecule has 0 bridgehead atoms. The summed E-state index contributed by atoms with van der Waals surface area (Å²) in [6.07, 6.45) is 2.08. The van der Waals surface area contributed by atoms with Gasteiger partial charge in [-0.3, -0.25) is 4.79 Å². The molecule has 1 saturated heterocycles. The van der Waals surface area contributed by atoms with Crippen molar-refractivity contribution in [2.75, 3.05) is 13.2 Å². The number of aromatic carboxylic acids is 1. The second-order valence-corrected chi connectivity index (χ2v) is 6.13. The fourth-order valence-corrected chi connectivity index (χ4v) is 2.84. The lowest BCUT2D eigenvalue weighted by Crippen LogP contribution is -2.40. The van der Waals surface area contributed by atoms with Crippen LogP contribution in [0.5, 0.6) is 11.5 Å². The second kappa shape index (κ2) is 9.22. The Bertz CT molecular complexity index is 724. The predicted octanol–water partition coefficient (Wildman–Crippen LogP) is 2.48. The number of nitroso groups, excluding NO2 is 1. The summed E-state index contributed by atoms with van der Waals surface area (Å²) in [5.41, 5.74) is -1.24. The zero-order chi connectivity index (χ0) is 19.9. The first kappa shape index (κ1) is 20.5. The maximum atomic E-state index is 11.5. The van der Waals surface area contributed by atoms with Gasteiger partial charge in [-0.1, -0.05) is 0 Å². The van der Waals surface area contributed by atoms with E-state index in [0.717, 1.165) is 13.2 Å². The summed E-state index contributed by atoms with van der Waals surface area (Å²) in [5, 5.41) is 12.5. The molecule has 0 unspecified atom stereocenters. The number of unbranched alkanes of at least 4 members (excludes halogenated alkanes) is 1. The van der Waals surface area contributed by atoms with Gasteiger partial charge < -0.3 is 24.1 Å². The monoisotopic (exact) mass is 379 g/mol. The molecule has 27 heavy (non-hydrogen) atoms. The van der Waals surface area contributed by atoms with E-state index < -0.39 is 17.7 Å². The Morgan fingerprint density at radius 3 is 2.59 bits per heavy atom. The maximum Gasteiger partial charge on any atom is 0.339 e. The van der Waals surface area contributed by atoms with Crippen LogP contribution in [0.1, 0.15) is 48.5 Å². The average Bonchev–Trinajstić information content (AvgIpc) is 2.64. The third-order valence-electron chi connectivity index (χ3n) is 4.18. The fourth-order valence-electron chi connectivity index (χ4n) is 2.84.